The summed E-state index contributed by atoms with van der Waals surface area (Å²) in [7, 11) is 0. The molecular weight excluding hydrogens is 382 g/mol. The molecule has 0 unspecified atom stereocenters. The van der Waals surface area contributed by atoms with Gasteiger partial charge in [0.15, 0.2) is 0 Å². The summed E-state index contributed by atoms with van der Waals surface area (Å²) in [5.74, 6) is 0.288. The van der Waals surface area contributed by atoms with Crippen molar-refractivity contribution in [2.45, 2.75) is 19.3 Å². The minimum atomic E-state index is -0.538. The van der Waals surface area contributed by atoms with Crippen molar-refractivity contribution < 1.29 is 4.92 Å². The van der Waals surface area contributed by atoms with Gasteiger partial charge in [0.2, 0.25) is 0 Å². The number of pyridine rings is 1. The number of anilines is 2. The minimum absolute atomic E-state index is 0.0101. The highest BCUT2D eigenvalue weighted by Gasteiger charge is 2.25. The first kappa shape index (κ1) is 20.3. The van der Waals surface area contributed by atoms with E-state index in [1.807, 2.05) is 17.0 Å². The fraction of sp³-hybridized carbons (Fsp3) is 0.238. The van der Waals surface area contributed by atoms with E-state index in [0.29, 0.717) is 24.5 Å². The van der Waals surface area contributed by atoms with Crippen molar-refractivity contribution >= 4 is 29.0 Å². The van der Waals surface area contributed by atoms with Crippen LogP contribution in [0.15, 0.2) is 24.3 Å². The van der Waals surface area contributed by atoms with Crippen LogP contribution in [-0.2, 0) is 0 Å². The first-order valence-electron chi connectivity index (χ1n) is 9.25. The molecule has 30 heavy (non-hydrogen) atoms. The number of allylic oxidation sites excluding steroid dienone is 1. The zero-order valence-corrected chi connectivity index (χ0v) is 16.0. The topological polar surface area (TPSA) is 157 Å². The highest BCUT2D eigenvalue weighted by atomic mass is 16.6. The molecule has 1 saturated heterocycles. The molecule has 0 bridgehead atoms. The molecule has 0 atom stereocenters. The van der Waals surface area contributed by atoms with E-state index in [4.69, 9.17) is 5.73 Å². The van der Waals surface area contributed by atoms with Gasteiger partial charge in [-0.05, 0) is 30.9 Å². The van der Waals surface area contributed by atoms with Gasteiger partial charge in [-0.25, -0.2) is 4.98 Å². The largest absolute Gasteiger partial charge is 0.383 e. The van der Waals surface area contributed by atoms with Gasteiger partial charge >= 0.3 is 0 Å². The van der Waals surface area contributed by atoms with Gasteiger partial charge in [-0.1, -0.05) is 12.1 Å². The molecule has 2 heterocycles. The standard InChI is InChI=1S/C21H17N7O2/c22-11-15(9-14-5-4-6-16(10-14)28(29)30)19-17(12-23)20(25)26-21(18(19)13-24)27-7-2-1-3-8-27/h4-6,9-10H,1-3,7-8H2,(H2,25,26). The van der Waals surface area contributed by atoms with Crippen molar-refractivity contribution in [3.63, 3.8) is 0 Å². The van der Waals surface area contributed by atoms with Gasteiger partial charge in [0.25, 0.3) is 5.69 Å². The molecule has 0 radical (unpaired) electrons. The number of hydrogen-bond donors (Lipinski definition) is 1. The molecule has 1 aliphatic heterocycles. The fourth-order valence-corrected chi connectivity index (χ4v) is 3.47. The summed E-state index contributed by atoms with van der Waals surface area (Å²) < 4.78 is 0. The lowest BCUT2D eigenvalue weighted by Crippen LogP contribution is -2.31. The second-order valence-electron chi connectivity index (χ2n) is 6.74. The van der Waals surface area contributed by atoms with E-state index in [2.05, 4.69) is 11.1 Å². The molecule has 148 valence electrons. The Morgan fingerprint density at radius 1 is 1.17 bits per heavy atom. The van der Waals surface area contributed by atoms with Crippen molar-refractivity contribution in [1.29, 1.82) is 15.8 Å². The van der Waals surface area contributed by atoms with Gasteiger partial charge in [0, 0.05) is 30.8 Å². The molecular formula is C21H17N7O2. The van der Waals surface area contributed by atoms with Crippen LogP contribution >= 0.6 is 0 Å². The van der Waals surface area contributed by atoms with Crippen molar-refractivity contribution in [3.8, 4) is 18.2 Å². The maximum Gasteiger partial charge on any atom is 0.270 e. The Balaban J connectivity index is 2.24. The van der Waals surface area contributed by atoms with E-state index in [0.717, 1.165) is 19.3 Å². The number of nitrogens with zero attached hydrogens (tertiary/aromatic N) is 6. The molecule has 0 saturated carbocycles. The van der Waals surface area contributed by atoms with Crippen LogP contribution in [0.2, 0.25) is 0 Å². The molecule has 2 N–H and O–H groups in total. The second kappa shape index (κ2) is 8.72. The quantitative estimate of drug-likeness (QED) is 0.465. The number of nitro benzene ring substituents is 1. The molecule has 1 fully saturated rings. The maximum atomic E-state index is 11.0. The average Bonchev–Trinajstić information content (AvgIpc) is 2.77. The summed E-state index contributed by atoms with van der Waals surface area (Å²) in [6.45, 7) is 1.39. The number of rotatable bonds is 4. The lowest BCUT2D eigenvalue weighted by Gasteiger charge is -2.29. The maximum absolute atomic E-state index is 11.0. The summed E-state index contributed by atoms with van der Waals surface area (Å²) in [5.41, 5.74) is 6.42. The number of nitro groups is 1. The van der Waals surface area contributed by atoms with Gasteiger partial charge in [-0.15, -0.1) is 0 Å². The lowest BCUT2D eigenvalue weighted by atomic mass is 9.94. The van der Waals surface area contributed by atoms with Gasteiger partial charge in [0.05, 0.1) is 16.6 Å². The molecule has 9 nitrogen and oxygen atoms in total. The first-order chi connectivity index (χ1) is 14.5. The molecule has 3 rings (SSSR count). The number of benzene rings is 1. The molecule has 0 aliphatic carbocycles. The third-order valence-electron chi connectivity index (χ3n) is 4.87. The molecule has 1 aromatic heterocycles. The number of hydrogen-bond acceptors (Lipinski definition) is 8. The Kier molecular flexibility index (Phi) is 5.91. The fourth-order valence-electron chi connectivity index (χ4n) is 3.47. The number of aromatic nitrogens is 1. The van der Waals surface area contributed by atoms with Crippen molar-refractivity contribution in [3.05, 3.63) is 56.6 Å². The lowest BCUT2D eigenvalue weighted by molar-refractivity contribution is -0.384. The smallest absolute Gasteiger partial charge is 0.270 e. The monoisotopic (exact) mass is 399 g/mol. The Morgan fingerprint density at radius 3 is 2.47 bits per heavy atom. The summed E-state index contributed by atoms with van der Waals surface area (Å²) in [4.78, 5) is 16.7. The summed E-state index contributed by atoms with van der Waals surface area (Å²) in [5, 5.41) is 40.4. The van der Waals surface area contributed by atoms with E-state index in [-0.39, 0.29) is 33.8 Å². The molecule has 1 aliphatic rings. The van der Waals surface area contributed by atoms with Crippen LogP contribution in [0.1, 0.15) is 41.5 Å². The van der Waals surface area contributed by atoms with E-state index in [1.165, 1.54) is 24.3 Å². The van der Waals surface area contributed by atoms with Gasteiger partial charge < -0.3 is 10.6 Å². The molecule has 2 aromatic rings. The predicted octanol–water partition coefficient (Wildman–Crippen LogP) is 3.37. The molecule has 0 amide bonds. The van der Waals surface area contributed by atoms with E-state index in [1.54, 1.807) is 6.07 Å². The van der Waals surface area contributed by atoms with Gasteiger partial charge in [-0.3, -0.25) is 10.1 Å². The highest BCUT2D eigenvalue weighted by molar-refractivity contribution is 5.96. The van der Waals surface area contributed by atoms with Crippen molar-refractivity contribution in [2.75, 3.05) is 23.7 Å². The van der Waals surface area contributed by atoms with E-state index >= 15 is 0 Å². The van der Waals surface area contributed by atoms with E-state index in [9.17, 15) is 25.9 Å². The van der Waals surface area contributed by atoms with Crippen molar-refractivity contribution in [2.24, 2.45) is 0 Å². The number of nitrogens with two attached hydrogens (primary N) is 1. The van der Waals surface area contributed by atoms with E-state index < -0.39 is 4.92 Å². The summed E-state index contributed by atoms with van der Waals surface area (Å²) >= 11 is 0. The predicted molar refractivity (Wildman–Crippen MR) is 111 cm³/mol. The van der Waals surface area contributed by atoms with Crippen LogP contribution in [0.5, 0.6) is 0 Å². The van der Waals surface area contributed by atoms with Crippen LogP contribution in [-0.4, -0.2) is 23.0 Å². The normalized spacial score (nSPS) is 13.8. The minimum Gasteiger partial charge on any atom is -0.383 e. The molecule has 0 spiro atoms. The zero-order chi connectivity index (χ0) is 21.7. The Bertz CT molecular complexity index is 1160. The number of nitrogen functional groups attached to an aromatic ring is 1. The van der Waals surface area contributed by atoms with Crippen LogP contribution < -0.4 is 10.6 Å². The summed E-state index contributed by atoms with van der Waals surface area (Å²) in [6.07, 6.45) is 4.36. The zero-order valence-electron chi connectivity index (χ0n) is 16.0. The highest BCUT2D eigenvalue weighted by Crippen LogP contribution is 2.34. The first-order valence-corrected chi connectivity index (χ1v) is 9.25. The third kappa shape index (κ3) is 3.89. The van der Waals surface area contributed by atoms with Crippen LogP contribution in [0.25, 0.3) is 11.6 Å². The third-order valence-corrected chi connectivity index (χ3v) is 4.87. The average molecular weight is 399 g/mol. The summed E-state index contributed by atoms with van der Waals surface area (Å²) in [6, 6.07) is 11.8. The Morgan fingerprint density at radius 2 is 1.87 bits per heavy atom. The molecule has 1 aromatic carbocycles. The number of piperidine rings is 1. The Hall–Kier alpha value is -4.42. The second-order valence-corrected chi connectivity index (χ2v) is 6.74. The van der Waals surface area contributed by atoms with Gasteiger partial charge in [-0.2, -0.15) is 15.8 Å². The number of nitriles is 3. The van der Waals surface area contributed by atoms with Crippen LogP contribution in [0.4, 0.5) is 17.3 Å². The van der Waals surface area contributed by atoms with Crippen LogP contribution in [0.3, 0.4) is 0 Å². The van der Waals surface area contributed by atoms with Crippen molar-refractivity contribution in [1.82, 2.24) is 4.98 Å². The number of non-ortho nitro benzene ring substituents is 1. The van der Waals surface area contributed by atoms with Gasteiger partial charge in [0.1, 0.15) is 34.9 Å². The SMILES string of the molecule is N#CC(=Cc1cccc([N+](=O)[O-])c1)c1c(C#N)c(N)nc(N2CCCCC2)c1C#N. The Labute approximate surface area is 173 Å². The van der Waals surface area contributed by atoms with Crippen LogP contribution in [0, 0.1) is 44.1 Å². The molecule has 9 heteroatoms.